The first-order valence-corrected chi connectivity index (χ1v) is 4.49. The molecule has 0 radical (unpaired) electrons. The lowest BCUT2D eigenvalue weighted by molar-refractivity contribution is -0.134. The van der Waals surface area contributed by atoms with Crippen molar-refractivity contribution in [2.45, 2.75) is 32.6 Å². The van der Waals surface area contributed by atoms with Gasteiger partial charge in [-0.1, -0.05) is 18.9 Å². The zero-order valence-corrected chi connectivity index (χ0v) is 7.80. The molecule has 12 heavy (non-hydrogen) atoms. The summed E-state index contributed by atoms with van der Waals surface area (Å²) in [6.07, 6.45) is 6.28. The minimum absolute atomic E-state index is 0.209. The maximum absolute atomic E-state index is 10.9. The molecule has 0 aromatic carbocycles. The highest BCUT2D eigenvalue weighted by Gasteiger charge is 2.13. The van der Waals surface area contributed by atoms with Crippen molar-refractivity contribution in [3.8, 4) is 0 Å². The van der Waals surface area contributed by atoms with Gasteiger partial charge in [-0.3, -0.25) is 0 Å². The SMILES string of the molecule is COC(=O)/C=C1/CCCC(C)C1. The number of hydrogen-bond donors (Lipinski definition) is 0. The van der Waals surface area contributed by atoms with Gasteiger partial charge in [0.1, 0.15) is 0 Å². The molecule has 0 aromatic rings. The number of esters is 1. The maximum Gasteiger partial charge on any atom is 0.330 e. The minimum atomic E-state index is -0.209. The van der Waals surface area contributed by atoms with Gasteiger partial charge >= 0.3 is 5.97 Å². The summed E-state index contributed by atoms with van der Waals surface area (Å²) < 4.78 is 4.57. The summed E-state index contributed by atoms with van der Waals surface area (Å²) in [5, 5.41) is 0. The average Bonchev–Trinajstić information content (AvgIpc) is 2.04. The van der Waals surface area contributed by atoms with Crippen LogP contribution in [0.2, 0.25) is 0 Å². The van der Waals surface area contributed by atoms with Gasteiger partial charge in [-0.2, -0.15) is 0 Å². The fraction of sp³-hybridized carbons (Fsp3) is 0.700. The average molecular weight is 168 g/mol. The molecule has 1 rings (SSSR count). The van der Waals surface area contributed by atoms with Gasteiger partial charge in [0.15, 0.2) is 0 Å². The van der Waals surface area contributed by atoms with Crippen LogP contribution in [-0.4, -0.2) is 13.1 Å². The van der Waals surface area contributed by atoms with E-state index in [2.05, 4.69) is 11.7 Å². The molecule has 1 atom stereocenters. The summed E-state index contributed by atoms with van der Waals surface area (Å²) >= 11 is 0. The first-order chi connectivity index (χ1) is 5.72. The highest BCUT2D eigenvalue weighted by Crippen LogP contribution is 2.27. The van der Waals surface area contributed by atoms with Crippen LogP contribution < -0.4 is 0 Å². The number of carbonyl (C=O) groups excluding carboxylic acids is 1. The molecule has 2 nitrogen and oxygen atoms in total. The third kappa shape index (κ3) is 2.68. The highest BCUT2D eigenvalue weighted by atomic mass is 16.5. The van der Waals surface area contributed by atoms with Crippen molar-refractivity contribution in [1.29, 1.82) is 0 Å². The number of hydrogen-bond acceptors (Lipinski definition) is 2. The van der Waals surface area contributed by atoms with E-state index in [1.54, 1.807) is 6.08 Å². The number of methoxy groups -OCH3 is 1. The van der Waals surface area contributed by atoms with Crippen molar-refractivity contribution in [3.63, 3.8) is 0 Å². The molecule has 2 heteroatoms. The molecule has 0 saturated heterocycles. The monoisotopic (exact) mass is 168 g/mol. The summed E-state index contributed by atoms with van der Waals surface area (Å²) in [7, 11) is 1.42. The summed E-state index contributed by atoms with van der Waals surface area (Å²) in [6.45, 7) is 2.23. The lowest BCUT2D eigenvalue weighted by Crippen LogP contribution is -2.06. The zero-order chi connectivity index (χ0) is 8.97. The molecule has 0 N–H and O–H groups in total. The summed E-state index contributed by atoms with van der Waals surface area (Å²) in [4.78, 5) is 10.9. The Morgan fingerprint density at radius 2 is 2.42 bits per heavy atom. The van der Waals surface area contributed by atoms with E-state index >= 15 is 0 Å². The Bertz CT molecular complexity index is 194. The van der Waals surface area contributed by atoms with Crippen molar-refractivity contribution in [1.82, 2.24) is 0 Å². The second kappa shape index (κ2) is 4.29. The quantitative estimate of drug-likeness (QED) is 0.443. The van der Waals surface area contributed by atoms with Crippen LogP contribution in [0.4, 0.5) is 0 Å². The van der Waals surface area contributed by atoms with Gasteiger partial charge < -0.3 is 4.74 Å². The van der Waals surface area contributed by atoms with Crippen LogP contribution in [0.25, 0.3) is 0 Å². The van der Waals surface area contributed by atoms with Crippen molar-refractivity contribution in [3.05, 3.63) is 11.6 Å². The molecule has 1 aliphatic rings. The van der Waals surface area contributed by atoms with Crippen LogP contribution in [0.3, 0.4) is 0 Å². The van der Waals surface area contributed by atoms with Gasteiger partial charge in [0.05, 0.1) is 7.11 Å². The first-order valence-electron chi connectivity index (χ1n) is 4.49. The predicted molar refractivity (Wildman–Crippen MR) is 47.7 cm³/mol. The zero-order valence-electron chi connectivity index (χ0n) is 7.80. The molecule has 0 bridgehead atoms. The van der Waals surface area contributed by atoms with E-state index in [0.717, 1.165) is 18.8 Å². The molecule has 0 aliphatic heterocycles. The summed E-state index contributed by atoms with van der Waals surface area (Å²) in [5.41, 5.74) is 1.25. The van der Waals surface area contributed by atoms with Crippen LogP contribution >= 0.6 is 0 Å². The maximum atomic E-state index is 10.9. The Hall–Kier alpha value is -0.790. The summed E-state index contributed by atoms with van der Waals surface area (Å²) in [6, 6.07) is 0. The van der Waals surface area contributed by atoms with E-state index < -0.39 is 0 Å². The molecule has 0 amide bonds. The van der Waals surface area contributed by atoms with Crippen LogP contribution in [0.15, 0.2) is 11.6 Å². The number of rotatable bonds is 1. The van der Waals surface area contributed by atoms with Crippen molar-refractivity contribution in [2.24, 2.45) is 5.92 Å². The standard InChI is InChI=1S/C10H16O2/c1-8-4-3-5-9(6-8)7-10(11)12-2/h7-8H,3-6H2,1-2H3/b9-7-. The molecule has 1 aliphatic carbocycles. The molecule has 1 fully saturated rings. The Balaban J connectivity index is 2.50. The van der Waals surface area contributed by atoms with Gasteiger partial charge in [0.25, 0.3) is 0 Å². The molecule has 1 saturated carbocycles. The molecular formula is C10H16O2. The fourth-order valence-electron chi connectivity index (χ4n) is 1.69. The van der Waals surface area contributed by atoms with E-state index in [0.29, 0.717) is 0 Å². The Morgan fingerprint density at radius 1 is 1.67 bits per heavy atom. The lowest BCUT2D eigenvalue weighted by Gasteiger charge is -2.19. The largest absolute Gasteiger partial charge is 0.466 e. The van der Waals surface area contributed by atoms with Gasteiger partial charge in [-0.15, -0.1) is 0 Å². The Morgan fingerprint density at radius 3 is 3.00 bits per heavy atom. The van der Waals surface area contributed by atoms with Gasteiger partial charge in [-0.25, -0.2) is 4.79 Å². The normalized spacial score (nSPS) is 27.2. The van der Waals surface area contributed by atoms with E-state index in [1.807, 2.05) is 0 Å². The van der Waals surface area contributed by atoms with E-state index in [-0.39, 0.29) is 5.97 Å². The third-order valence-electron chi connectivity index (χ3n) is 2.33. The van der Waals surface area contributed by atoms with Crippen LogP contribution in [-0.2, 0) is 9.53 Å². The lowest BCUT2D eigenvalue weighted by atomic mass is 9.87. The third-order valence-corrected chi connectivity index (χ3v) is 2.33. The number of allylic oxidation sites excluding steroid dienone is 1. The Kier molecular flexibility index (Phi) is 3.32. The molecule has 0 spiro atoms. The van der Waals surface area contributed by atoms with E-state index in [1.165, 1.54) is 25.5 Å². The molecule has 1 unspecified atom stereocenters. The second-order valence-corrected chi connectivity index (χ2v) is 3.53. The van der Waals surface area contributed by atoms with E-state index in [4.69, 9.17) is 0 Å². The molecule has 0 aromatic heterocycles. The van der Waals surface area contributed by atoms with Gasteiger partial charge in [0, 0.05) is 6.08 Å². The Labute approximate surface area is 73.6 Å². The van der Waals surface area contributed by atoms with Crippen molar-refractivity contribution >= 4 is 5.97 Å². The highest BCUT2D eigenvalue weighted by molar-refractivity contribution is 5.82. The smallest absolute Gasteiger partial charge is 0.330 e. The van der Waals surface area contributed by atoms with Gasteiger partial charge in [-0.05, 0) is 25.2 Å². The molecule has 0 heterocycles. The van der Waals surface area contributed by atoms with Crippen LogP contribution in [0.1, 0.15) is 32.6 Å². The van der Waals surface area contributed by atoms with Crippen molar-refractivity contribution in [2.75, 3.05) is 7.11 Å². The van der Waals surface area contributed by atoms with Crippen LogP contribution in [0.5, 0.6) is 0 Å². The van der Waals surface area contributed by atoms with Crippen LogP contribution in [0, 0.1) is 5.92 Å². The first kappa shape index (κ1) is 9.30. The number of ether oxygens (including phenoxy) is 1. The van der Waals surface area contributed by atoms with E-state index in [9.17, 15) is 4.79 Å². The molecule has 68 valence electrons. The second-order valence-electron chi connectivity index (χ2n) is 3.53. The molecular weight excluding hydrogens is 152 g/mol. The number of carbonyl (C=O) groups is 1. The fourth-order valence-corrected chi connectivity index (χ4v) is 1.69. The minimum Gasteiger partial charge on any atom is -0.466 e. The van der Waals surface area contributed by atoms with Crippen molar-refractivity contribution < 1.29 is 9.53 Å². The topological polar surface area (TPSA) is 26.3 Å². The predicted octanol–water partition coefficient (Wildman–Crippen LogP) is 2.30. The van der Waals surface area contributed by atoms with Gasteiger partial charge in [0.2, 0.25) is 0 Å². The summed E-state index contributed by atoms with van der Waals surface area (Å²) in [5.74, 6) is 0.522.